The zero-order valence-electron chi connectivity index (χ0n) is 15.2. The summed E-state index contributed by atoms with van der Waals surface area (Å²) in [6.45, 7) is 0.863. The van der Waals surface area contributed by atoms with Gasteiger partial charge in [-0.2, -0.15) is 15.1 Å². The van der Waals surface area contributed by atoms with Gasteiger partial charge < -0.3 is 0 Å². The molecule has 0 amide bonds. The molecule has 0 saturated carbocycles. The zero-order valence-corrected chi connectivity index (χ0v) is 15.2. The third-order valence-electron chi connectivity index (χ3n) is 4.85. The van der Waals surface area contributed by atoms with E-state index in [1.807, 2.05) is 65.5 Å². The number of hydrogen-bond donors (Lipinski definition) is 1. The van der Waals surface area contributed by atoms with E-state index >= 15 is 0 Å². The van der Waals surface area contributed by atoms with E-state index in [-0.39, 0.29) is 0 Å². The maximum Gasteiger partial charge on any atom is 0.210 e. The fourth-order valence-electron chi connectivity index (χ4n) is 3.23. The molecule has 1 N–H and O–H groups in total. The molecule has 0 radical (unpaired) electrons. The summed E-state index contributed by atoms with van der Waals surface area (Å²) < 4.78 is 2.03. The van der Waals surface area contributed by atoms with Crippen molar-refractivity contribution in [3.8, 4) is 17.8 Å². The smallest absolute Gasteiger partial charge is 0.210 e. The molecule has 0 fully saturated rings. The van der Waals surface area contributed by atoms with Crippen LogP contribution in [0.2, 0.25) is 0 Å². The average Bonchev–Trinajstić information content (AvgIpc) is 2.79. The molecule has 4 nitrogen and oxygen atoms in total. The first-order chi connectivity index (χ1) is 13.8. The first-order valence-electron chi connectivity index (χ1n) is 9.04. The van der Waals surface area contributed by atoms with E-state index in [1.54, 1.807) is 0 Å². The molecule has 0 bridgehead atoms. The monoisotopic (exact) mass is 362 g/mol. The SMILES string of the molecule is N#Cc1ccc(-[n+]2ccc(C3=CC[NH+](c4ccc(C#N)cc4)C=C3)cc2)cc1. The Hall–Kier alpha value is -3.99. The first kappa shape index (κ1) is 17.4. The van der Waals surface area contributed by atoms with Crippen molar-refractivity contribution in [1.82, 2.24) is 0 Å². The molecular formula is C24H18N4+2. The fraction of sp³-hybridized carbons (Fsp3) is 0.0417. The van der Waals surface area contributed by atoms with Crippen molar-refractivity contribution in [3.63, 3.8) is 0 Å². The second-order valence-electron chi connectivity index (χ2n) is 6.56. The average molecular weight is 362 g/mol. The number of aromatic nitrogens is 1. The van der Waals surface area contributed by atoms with Gasteiger partial charge in [-0.25, -0.2) is 0 Å². The molecule has 4 rings (SSSR count). The molecule has 0 saturated heterocycles. The van der Waals surface area contributed by atoms with Gasteiger partial charge in [0.25, 0.3) is 0 Å². The number of nitriles is 2. The van der Waals surface area contributed by atoms with Crippen LogP contribution >= 0.6 is 0 Å². The van der Waals surface area contributed by atoms with E-state index in [9.17, 15) is 0 Å². The molecule has 132 valence electrons. The number of hydrogen-bond acceptors (Lipinski definition) is 2. The van der Waals surface area contributed by atoms with Crippen LogP contribution in [0.15, 0.2) is 91.4 Å². The number of benzene rings is 2. The molecule has 1 aliphatic rings. The Balaban J connectivity index is 1.48. The van der Waals surface area contributed by atoms with Gasteiger partial charge in [0.2, 0.25) is 5.69 Å². The third-order valence-corrected chi connectivity index (χ3v) is 4.85. The van der Waals surface area contributed by atoms with E-state index in [1.165, 1.54) is 16.0 Å². The zero-order chi connectivity index (χ0) is 19.3. The number of quaternary nitrogens is 1. The van der Waals surface area contributed by atoms with Crippen LogP contribution in [0.5, 0.6) is 0 Å². The summed E-state index contributed by atoms with van der Waals surface area (Å²) in [5.74, 6) is 0. The molecular weight excluding hydrogens is 344 g/mol. The summed E-state index contributed by atoms with van der Waals surface area (Å²) in [4.78, 5) is 1.25. The topological polar surface area (TPSA) is 55.9 Å². The molecule has 0 spiro atoms. The molecule has 1 unspecified atom stereocenters. The lowest BCUT2D eigenvalue weighted by Gasteiger charge is -2.17. The van der Waals surface area contributed by atoms with Gasteiger partial charge in [-0.1, -0.05) is 0 Å². The highest BCUT2D eigenvalue weighted by Gasteiger charge is 2.14. The number of pyridine rings is 1. The van der Waals surface area contributed by atoms with Crippen molar-refractivity contribution < 1.29 is 9.47 Å². The molecule has 2 heterocycles. The van der Waals surface area contributed by atoms with Gasteiger partial charge in [-0.15, -0.1) is 0 Å². The summed E-state index contributed by atoms with van der Waals surface area (Å²) >= 11 is 0. The van der Waals surface area contributed by atoms with E-state index in [4.69, 9.17) is 10.5 Å². The molecule has 1 aromatic heterocycles. The van der Waals surface area contributed by atoms with Gasteiger partial charge in [0.15, 0.2) is 12.4 Å². The van der Waals surface area contributed by atoms with Crippen LogP contribution in [0.3, 0.4) is 0 Å². The minimum atomic E-state index is 0.660. The van der Waals surface area contributed by atoms with Crippen LogP contribution in [0, 0.1) is 22.7 Å². The highest BCUT2D eigenvalue weighted by Crippen LogP contribution is 2.16. The van der Waals surface area contributed by atoms with Crippen molar-refractivity contribution in [1.29, 1.82) is 10.5 Å². The van der Waals surface area contributed by atoms with Crippen molar-refractivity contribution in [2.24, 2.45) is 0 Å². The second-order valence-corrected chi connectivity index (χ2v) is 6.56. The quantitative estimate of drug-likeness (QED) is 0.729. The second kappa shape index (κ2) is 7.72. The lowest BCUT2D eigenvalue weighted by Crippen LogP contribution is -3.02. The molecule has 3 aromatic rings. The Kier molecular flexibility index (Phi) is 4.80. The minimum Gasteiger partial charge on any atom is -0.273 e. The highest BCUT2D eigenvalue weighted by atomic mass is 15.1. The van der Waals surface area contributed by atoms with E-state index < -0.39 is 0 Å². The standard InChI is InChI=1S/C24H17N4/c25-17-19-1-5-23(6-2-19)27-13-9-21(10-14-27)22-11-15-28(16-12-22)24-7-3-20(18-26)4-8-24/h1-15H,16H2/q+1/p+1. The van der Waals surface area contributed by atoms with E-state index in [0.717, 1.165) is 17.9 Å². The summed E-state index contributed by atoms with van der Waals surface area (Å²) in [7, 11) is 0. The van der Waals surface area contributed by atoms with Crippen LogP contribution in [0.25, 0.3) is 11.3 Å². The minimum absolute atomic E-state index is 0.660. The first-order valence-corrected chi connectivity index (χ1v) is 9.04. The van der Waals surface area contributed by atoms with E-state index in [2.05, 4.69) is 42.6 Å². The summed E-state index contributed by atoms with van der Waals surface area (Å²) in [5.41, 5.74) is 5.88. The summed E-state index contributed by atoms with van der Waals surface area (Å²) in [5, 5.41) is 17.8. The summed E-state index contributed by atoms with van der Waals surface area (Å²) in [6.07, 6.45) is 10.6. The Morgan fingerprint density at radius 1 is 0.786 bits per heavy atom. The van der Waals surface area contributed by atoms with Crippen LogP contribution < -0.4 is 9.47 Å². The van der Waals surface area contributed by atoms with Gasteiger partial charge in [-0.3, -0.25) is 4.90 Å². The lowest BCUT2D eigenvalue weighted by atomic mass is 10.0. The van der Waals surface area contributed by atoms with Gasteiger partial charge in [0.05, 0.1) is 23.3 Å². The van der Waals surface area contributed by atoms with Crippen LogP contribution in [-0.2, 0) is 0 Å². The molecule has 2 aromatic carbocycles. The number of allylic oxidation sites excluding steroid dienone is 2. The Labute approximate surface area is 164 Å². The number of nitrogens with one attached hydrogen (secondary N) is 1. The molecule has 0 aliphatic carbocycles. The van der Waals surface area contributed by atoms with Gasteiger partial charge in [0.1, 0.15) is 18.4 Å². The van der Waals surface area contributed by atoms with Crippen molar-refractivity contribution in [2.75, 3.05) is 6.54 Å². The van der Waals surface area contributed by atoms with Gasteiger partial charge >= 0.3 is 0 Å². The largest absolute Gasteiger partial charge is 0.273 e. The molecule has 1 atom stereocenters. The Bertz CT molecular complexity index is 1120. The lowest BCUT2D eigenvalue weighted by molar-refractivity contribution is -0.768. The molecule has 4 heteroatoms. The van der Waals surface area contributed by atoms with Gasteiger partial charge in [0, 0.05) is 36.4 Å². The maximum atomic E-state index is 8.92. The normalized spacial score (nSPS) is 15.4. The molecule has 1 aliphatic heterocycles. The van der Waals surface area contributed by atoms with Crippen molar-refractivity contribution in [2.45, 2.75) is 0 Å². The number of nitrogens with zero attached hydrogens (tertiary/aromatic N) is 3. The van der Waals surface area contributed by atoms with Crippen LogP contribution in [0.4, 0.5) is 5.69 Å². The van der Waals surface area contributed by atoms with Crippen molar-refractivity contribution >= 4 is 11.3 Å². The Morgan fingerprint density at radius 2 is 1.39 bits per heavy atom. The van der Waals surface area contributed by atoms with E-state index in [0.29, 0.717) is 11.1 Å². The van der Waals surface area contributed by atoms with Gasteiger partial charge in [-0.05, 0) is 47.6 Å². The molecule has 28 heavy (non-hydrogen) atoms. The third kappa shape index (κ3) is 3.59. The maximum absolute atomic E-state index is 8.92. The Morgan fingerprint density at radius 3 is 1.93 bits per heavy atom. The highest BCUT2D eigenvalue weighted by molar-refractivity contribution is 5.73. The number of rotatable bonds is 3. The van der Waals surface area contributed by atoms with Crippen LogP contribution in [-0.4, -0.2) is 6.54 Å². The van der Waals surface area contributed by atoms with Crippen molar-refractivity contribution in [3.05, 3.63) is 108 Å². The van der Waals surface area contributed by atoms with Crippen LogP contribution in [0.1, 0.15) is 16.7 Å². The predicted molar refractivity (Wildman–Crippen MR) is 106 cm³/mol. The summed E-state index contributed by atoms with van der Waals surface area (Å²) in [6, 6.07) is 23.7. The fourth-order valence-corrected chi connectivity index (χ4v) is 3.23. The predicted octanol–water partition coefficient (Wildman–Crippen LogP) is 2.83.